The van der Waals surface area contributed by atoms with Gasteiger partial charge in [-0.1, -0.05) is 29.8 Å². The first-order valence-electron chi connectivity index (χ1n) is 4.95. The Kier molecular flexibility index (Phi) is 2.68. The quantitative estimate of drug-likeness (QED) is 0.777. The van der Waals surface area contributed by atoms with E-state index < -0.39 is 0 Å². The second kappa shape index (κ2) is 4.14. The van der Waals surface area contributed by atoms with Gasteiger partial charge in [0.25, 0.3) is 0 Å². The number of nitrogens with two attached hydrogens (primary N) is 2. The molecule has 5 heteroatoms. The Morgan fingerprint density at radius 1 is 0.938 bits per heavy atom. The fourth-order valence-corrected chi connectivity index (χ4v) is 1.42. The molecule has 1 heterocycles. The topological polar surface area (TPSA) is 90.7 Å². The molecule has 16 heavy (non-hydrogen) atoms. The van der Waals surface area contributed by atoms with Crippen LogP contribution in [0.25, 0.3) is 0 Å². The van der Waals surface area contributed by atoms with Crippen LogP contribution in [0.2, 0.25) is 0 Å². The van der Waals surface area contributed by atoms with Crippen LogP contribution in [0, 0.1) is 6.92 Å². The van der Waals surface area contributed by atoms with E-state index >= 15 is 0 Å². The van der Waals surface area contributed by atoms with E-state index in [0.717, 1.165) is 5.56 Å². The molecule has 0 saturated carbocycles. The van der Waals surface area contributed by atoms with Gasteiger partial charge in [0.1, 0.15) is 5.82 Å². The lowest BCUT2D eigenvalue weighted by atomic mass is 10.1. The summed E-state index contributed by atoms with van der Waals surface area (Å²) in [6.07, 6.45) is 0.608. The van der Waals surface area contributed by atoms with Gasteiger partial charge in [0.2, 0.25) is 11.9 Å². The molecular formula is C11H13N5. The van der Waals surface area contributed by atoms with Crippen LogP contribution in [-0.4, -0.2) is 15.0 Å². The molecule has 0 radical (unpaired) electrons. The summed E-state index contributed by atoms with van der Waals surface area (Å²) in [5.41, 5.74) is 13.3. The highest BCUT2D eigenvalue weighted by Crippen LogP contribution is 2.08. The zero-order valence-electron chi connectivity index (χ0n) is 9.01. The maximum atomic E-state index is 5.49. The van der Waals surface area contributed by atoms with E-state index in [-0.39, 0.29) is 11.9 Å². The number of nitrogen functional groups attached to an aromatic ring is 2. The molecule has 1 aromatic carbocycles. The summed E-state index contributed by atoms with van der Waals surface area (Å²) in [7, 11) is 0. The second-order valence-electron chi connectivity index (χ2n) is 3.63. The van der Waals surface area contributed by atoms with Crippen LogP contribution in [0.15, 0.2) is 24.3 Å². The van der Waals surface area contributed by atoms with Gasteiger partial charge >= 0.3 is 0 Å². The van der Waals surface area contributed by atoms with E-state index in [0.29, 0.717) is 12.2 Å². The first-order chi connectivity index (χ1) is 7.63. The molecule has 0 unspecified atom stereocenters. The van der Waals surface area contributed by atoms with Crippen molar-refractivity contribution >= 4 is 11.9 Å². The van der Waals surface area contributed by atoms with E-state index in [1.54, 1.807) is 0 Å². The fourth-order valence-electron chi connectivity index (χ4n) is 1.42. The summed E-state index contributed by atoms with van der Waals surface area (Å²) < 4.78 is 0. The maximum Gasteiger partial charge on any atom is 0.225 e. The molecule has 2 rings (SSSR count). The molecule has 0 aliphatic rings. The van der Waals surface area contributed by atoms with E-state index in [1.807, 2.05) is 31.2 Å². The van der Waals surface area contributed by atoms with E-state index in [1.165, 1.54) is 5.56 Å². The molecule has 2 aromatic rings. The zero-order chi connectivity index (χ0) is 11.5. The van der Waals surface area contributed by atoms with Gasteiger partial charge < -0.3 is 11.5 Å². The molecule has 0 saturated heterocycles. The third-order valence-electron chi connectivity index (χ3n) is 2.20. The van der Waals surface area contributed by atoms with Crippen LogP contribution in [0.4, 0.5) is 11.9 Å². The summed E-state index contributed by atoms with van der Waals surface area (Å²) >= 11 is 0. The van der Waals surface area contributed by atoms with Crippen molar-refractivity contribution in [3.63, 3.8) is 0 Å². The highest BCUT2D eigenvalue weighted by molar-refractivity contribution is 5.29. The van der Waals surface area contributed by atoms with Crippen molar-refractivity contribution in [1.29, 1.82) is 0 Å². The van der Waals surface area contributed by atoms with Gasteiger partial charge in [-0.25, -0.2) is 0 Å². The minimum Gasteiger partial charge on any atom is -0.368 e. The number of anilines is 2. The molecule has 1 aromatic heterocycles. The monoisotopic (exact) mass is 215 g/mol. The van der Waals surface area contributed by atoms with Crippen LogP contribution in [-0.2, 0) is 6.42 Å². The Labute approximate surface area is 93.6 Å². The van der Waals surface area contributed by atoms with Gasteiger partial charge in [0.15, 0.2) is 0 Å². The Balaban J connectivity index is 2.23. The van der Waals surface area contributed by atoms with Crippen molar-refractivity contribution in [1.82, 2.24) is 15.0 Å². The van der Waals surface area contributed by atoms with Crippen molar-refractivity contribution in [2.45, 2.75) is 13.3 Å². The third kappa shape index (κ3) is 2.44. The molecule has 4 N–H and O–H groups in total. The van der Waals surface area contributed by atoms with Gasteiger partial charge in [-0.15, -0.1) is 0 Å². The minimum atomic E-state index is 0.162. The van der Waals surface area contributed by atoms with E-state index in [4.69, 9.17) is 11.5 Å². The van der Waals surface area contributed by atoms with Crippen molar-refractivity contribution in [2.24, 2.45) is 0 Å². The molecule has 0 aliphatic heterocycles. The van der Waals surface area contributed by atoms with Crippen molar-refractivity contribution in [2.75, 3.05) is 11.5 Å². The average molecular weight is 215 g/mol. The second-order valence-corrected chi connectivity index (χ2v) is 3.63. The van der Waals surface area contributed by atoms with Crippen LogP contribution in [0.1, 0.15) is 17.0 Å². The molecule has 82 valence electrons. The average Bonchev–Trinajstić information content (AvgIpc) is 2.20. The number of nitrogens with zero attached hydrogens (tertiary/aromatic N) is 3. The lowest BCUT2D eigenvalue weighted by Gasteiger charge is -2.02. The summed E-state index contributed by atoms with van der Waals surface area (Å²) in [6.45, 7) is 2.04. The molecule has 0 amide bonds. The van der Waals surface area contributed by atoms with Crippen LogP contribution in [0.3, 0.4) is 0 Å². The zero-order valence-corrected chi connectivity index (χ0v) is 9.01. The standard InChI is InChI=1S/C11H13N5/c1-7-2-4-8(5-3-7)6-9-14-10(12)16-11(13)15-9/h2-5H,6H2,1H3,(H4,12,13,14,15,16). The normalized spacial score (nSPS) is 10.3. The predicted molar refractivity (Wildman–Crippen MR) is 62.6 cm³/mol. The summed E-state index contributed by atoms with van der Waals surface area (Å²) in [5, 5.41) is 0. The Morgan fingerprint density at radius 3 is 2.06 bits per heavy atom. The summed E-state index contributed by atoms with van der Waals surface area (Å²) in [5.74, 6) is 0.915. The number of benzene rings is 1. The van der Waals surface area contributed by atoms with Gasteiger partial charge in [-0.2, -0.15) is 15.0 Å². The Hall–Kier alpha value is -2.17. The third-order valence-corrected chi connectivity index (χ3v) is 2.20. The van der Waals surface area contributed by atoms with Crippen LogP contribution in [0.5, 0.6) is 0 Å². The van der Waals surface area contributed by atoms with Gasteiger partial charge in [0, 0.05) is 6.42 Å². The fraction of sp³-hybridized carbons (Fsp3) is 0.182. The smallest absolute Gasteiger partial charge is 0.225 e. The largest absolute Gasteiger partial charge is 0.368 e. The summed E-state index contributed by atoms with van der Waals surface area (Å²) in [6, 6.07) is 8.16. The van der Waals surface area contributed by atoms with Gasteiger partial charge in [-0.3, -0.25) is 0 Å². The Bertz CT molecular complexity index is 472. The molecule has 0 fully saturated rings. The number of rotatable bonds is 2. The number of hydrogen-bond donors (Lipinski definition) is 2. The lowest BCUT2D eigenvalue weighted by molar-refractivity contribution is 0.939. The predicted octanol–water partition coefficient (Wildman–Crippen LogP) is 0.935. The van der Waals surface area contributed by atoms with Crippen molar-refractivity contribution in [3.8, 4) is 0 Å². The van der Waals surface area contributed by atoms with Gasteiger partial charge in [0.05, 0.1) is 0 Å². The molecular weight excluding hydrogens is 202 g/mol. The first-order valence-corrected chi connectivity index (χ1v) is 4.95. The highest BCUT2D eigenvalue weighted by atomic mass is 15.1. The lowest BCUT2D eigenvalue weighted by Crippen LogP contribution is -2.07. The molecule has 0 aliphatic carbocycles. The van der Waals surface area contributed by atoms with E-state index in [2.05, 4.69) is 15.0 Å². The molecule has 5 nitrogen and oxygen atoms in total. The molecule has 0 bridgehead atoms. The highest BCUT2D eigenvalue weighted by Gasteiger charge is 2.02. The summed E-state index contributed by atoms with van der Waals surface area (Å²) in [4.78, 5) is 11.8. The van der Waals surface area contributed by atoms with E-state index in [9.17, 15) is 0 Å². The molecule has 0 spiro atoms. The number of hydrogen-bond acceptors (Lipinski definition) is 5. The number of aryl methyl sites for hydroxylation is 1. The van der Waals surface area contributed by atoms with Crippen LogP contribution < -0.4 is 11.5 Å². The van der Waals surface area contributed by atoms with Gasteiger partial charge in [-0.05, 0) is 12.5 Å². The first kappa shape index (κ1) is 10.4. The minimum absolute atomic E-state index is 0.162. The molecule has 0 atom stereocenters. The van der Waals surface area contributed by atoms with Crippen LogP contribution >= 0.6 is 0 Å². The van der Waals surface area contributed by atoms with Crippen molar-refractivity contribution in [3.05, 3.63) is 41.2 Å². The van der Waals surface area contributed by atoms with Crippen molar-refractivity contribution < 1.29 is 0 Å². The maximum absolute atomic E-state index is 5.49. The Morgan fingerprint density at radius 2 is 1.50 bits per heavy atom. The SMILES string of the molecule is Cc1ccc(Cc2nc(N)nc(N)n2)cc1. The number of aromatic nitrogens is 3.